The summed E-state index contributed by atoms with van der Waals surface area (Å²) in [6.45, 7) is 3.87. The standard InChI is InChI=1S/C11H13BrO3/c1-7(2)8-3-4-10(9(12)5-8)15-6-11(13)14/h3-5,7H,6H2,1-2H3,(H,13,14). The number of carbonyl (C=O) groups is 1. The lowest BCUT2D eigenvalue weighted by Crippen LogP contribution is -2.09. The minimum absolute atomic E-state index is 0.320. The summed E-state index contributed by atoms with van der Waals surface area (Å²) in [7, 11) is 0. The van der Waals surface area contributed by atoms with Crippen molar-refractivity contribution in [2.75, 3.05) is 6.61 Å². The van der Waals surface area contributed by atoms with Gasteiger partial charge in [0.25, 0.3) is 0 Å². The van der Waals surface area contributed by atoms with Crippen LogP contribution in [0.5, 0.6) is 5.75 Å². The lowest BCUT2D eigenvalue weighted by molar-refractivity contribution is -0.139. The minimum atomic E-state index is -0.977. The van der Waals surface area contributed by atoms with Gasteiger partial charge in [0.1, 0.15) is 5.75 Å². The first-order valence-electron chi connectivity index (χ1n) is 4.64. The van der Waals surface area contributed by atoms with Gasteiger partial charge in [0.15, 0.2) is 6.61 Å². The molecule has 0 saturated heterocycles. The number of benzene rings is 1. The molecule has 0 spiro atoms. The topological polar surface area (TPSA) is 46.5 Å². The van der Waals surface area contributed by atoms with Crippen LogP contribution in [-0.2, 0) is 4.79 Å². The summed E-state index contributed by atoms with van der Waals surface area (Å²) in [4.78, 5) is 10.3. The molecule has 1 N–H and O–H groups in total. The fraction of sp³-hybridized carbons (Fsp3) is 0.364. The van der Waals surface area contributed by atoms with Gasteiger partial charge in [0.05, 0.1) is 4.47 Å². The van der Waals surface area contributed by atoms with Gasteiger partial charge in [-0.15, -0.1) is 0 Å². The fourth-order valence-corrected chi connectivity index (χ4v) is 1.64. The summed E-state index contributed by atoms with van der Waals surface area (Å²) < 4.78 is 5.87. The normalized spacial score (nSPS) is 10.4. The second-order valence-electron chi connectivity index (χ2n) is 3.53. The summed E-state index contributed by atoms with van der Waals surface area (Å²) in [5, 5.41) is 8.47. The largest absolute Gasteiger partial charge is 0.481 e. The lowest BCUT2D eigenvalue weighted by Gasteiger charge is -2.09. The number of hydrogen-bond donors (Lipinski definition) is 1. The van der Waals surface area contributed by atoms with Crippen molar-refractivity contribution in [2.45, 2.75) is 19.8 Å². The lowest BCUT2D eigenvalue weighted by atomic mass is 10.0. The molecule has 0 aliphatic carbocycles. The Bertz CT molecular complexity index is 361. The molecule has 0 aliphatic heterocycles. The van der Waals surface area contributed by atoms with E-state index in [0.29, 0.717) is 11.7 Å². The van der Waals surface area contributed by atoms with Crippen LogP contribution in [0, 0.1) is 0 Å². The van der Waals surface area contributed by atoms with Crippen LogP contribution in [0.4, 0.5) is 0 Å². The highest BCUT2D eigenvalue weighted by molar-refractivity contribution is 9.10. The molecular formula is C11H13BrO3. The van der Waals surface area contributed by atoms with E-state index in [2.05, 4.69) is 29.8 Å². The Morgan fingerprint density at radius 2 is 2.20 bits per heavy atom. The molecule has 0 saturated carbocycles. The molecule has 0 atom stereocenters. The van der Waals surface area contributed by atoms with E-state index in [1.54, 1.807) is 6.07 Å². The maximum Gasteiger partial charge on any atom is 0.341 e. The molecule has 1 rings (SSSR count). The average molecular weight is 273 g/mol. The van der Waals surface area contributed by atoms with Gasteiger partial charge in [-0.1, -0.05) is 19.9 Å². The van der Waals surface area contributed by atoms with Crippen molar-refractivity contribution in [3.63, 3.8) is 0 Å². The second kappa shape index (κ2) is 5.16. The first kappa shape index (κ1) is 12.0. The van der Waals surface area contributed by atoms with E-state index in [-0.39, 0.29) is 6.61 Å². The van der Waals surface area contributed by atoms with E-state index in [9.17, 15) is 4.79 Å². The van der Waals surface area contributed by atoms with Gasteiger partial charge in [-0.3, -0.25) is 0 Å². The summed E-state index contributed by atoms with van der Waals surface area (Å²) in [5.74, 6) is 0.0199. The molecule has 82 valence electrons. The van der Waals surface area contributed by atoms with E-state index in [1.165, 1.54) is 5.56 Å². The number of aliphatic carboxylic acids is 1. The number of rotatable bonds is 4. The van der Waals surface area contributed by atoms with Crippen molar-refractivity contribution in [1.82, 2.24) is 0 Å². The third kappa shape index (κ3) is 3.55. The van der Waals surface area contributed by atoms with Gasteiger partial charge in [-0.25, -0.2) is 4.79 Å². The van der Waals surface area contributed by atoms with Crippen LogP contribution in [0.25, 0.3) is 0 Å². The fourth-order valence-electron chi connectivity index (χ4n) is 1.13. The highest BCUT2D eigenvalue weighted by atomic mass is 79.9. The summed E-state index contributed by atoms with van der Waals surface area (Å²) >= 11 is 3.35. The van der Waals surface area contributed by atoms with Crippen LogP contribution in [0.3, 0.4) is 0 Å². The van der Waals surface area contributed by atoms with Crippen LogP contribution in [0.1, 0.15) is 25.3 Å². The molecule has 0 aliphatic rings. The molecule has 1 aromatic carbocycles. The van der Waals surface area contributed by atoms with Gasteiger partial charge in [0.2, 0.25) is 0 Å². The van der Waals surface area contributed by atoms with Gasteiger partial charge >= 0.3 is 5.97 Å². The highest BCUT2D eigenvalue weighted by Gasteiger charge is 2.06. The maximum absolute atomic E-state index is 10.3. The quantitative estimate of drug-likeness (QED) is 0.917. The zero-order valence-electron chi connectivity index (χ0n) is 8.66. The van der Waals surface area contributed by atoms with Crippen molar-refractivity contribution < 1.29 is 14.6 Å². The molecule has 0 heterocycles. The van der Waals surface area contributed by atoms with Gasteiger partial charge in [-0.2, -0.15) is 0 Å². The number of hydrogen-bond acceptors (Lipinski definition) is 2. The number of carboxylic acids is 1. The Balaban J connectivity index is 2.79. The Kier molecular flexibility index (Phi) is 4.15. The third-order valence-corrected chi connectivity index (χ3v) is 2.59. The summed E-state index contributed by atoms with van der Waals surface area (Å²) in [6, 6.07) is 5.66. The zero-order valence-corrected chi connectivity index (χ0v) is 10.2. The zero-order chi connectivity index (χ0) is 11.4. The molecular weight excluding hydrogens is 260 g/mol. The SMILES string of the molecule is CC(C)c1ccc(OCC(=O)O)c(Br)c1. The van der Waals surface area contributed by atoms with Crippen LogP contribution >= 0.6 is 15.9 Å². The number of halogens is 1. The summed E-state index contributed by atoms with van der Waals surface area (Å²) in [6.07, 6.45) is 0. The predicted octanol–water partition coefficient (Wildman–Crippen LogP) is 3.04. The molecule has 0 radical (unpaired) electrons. The Labute approximate surface area is 97.2 Å². The monoisotopic (exact) mass is 272 g/mol. The molecule has 0 aromatic heterocycles. The number of carboxylic acid groups (broad SMARTS) is 1. The third-order valence-electron chi connectivity index (χ3n) is 1.97. The molecule has 1 aromatic rings. The first-order chi connectivity index (χ1) is 7.00. The van der Waals surface area contributed by atoms with E-state index >= 15 is 0 Å². The highest BCUT2D eigenvalue weighted by Crippen LogP contribution is 2.28. The Morgan fingerprint density at radius 1 is 1.53 bits per heavy atom. The average Bonchev–Trinajstić information content (AvgIpc) is 2.15. The van der Waals surface area contributed by atoms with Gasteiger partial charge in [0, 0.05) is 0 Å². The van der Waals surface area contributed by atoms with Crippen molar-refractivity contribution in [3.8, 4) is 5.75 Å². The maximum atomic E-state index is 10.3. The molecule has 0 bridgehead atoms. The first-order valence-corrected chi connectivity index (χ1v) is 5.44. The Morgan fingerprint density at radius 3 is 2.67 bits per heavy atom. The molecule has 3 nitrogen and oxygen atoms in total. The van der Waals surface area contributed by atoms with E-state index in [1.807, 2.05) is 12.1 Å². The number of ether oxygens (including phenoxy) is 1. The van der Waals surface area contributed by atoms with Crippen LogP contribution in [-0.4, -0.2) is 17.7 Å². The predicted molar refractivity (Wildman–Crippen MR) is 61.4 cm³/mol. The van der Waals surface area contributed by atoms with Crippen LogP contribution in [0.15, 0.2) is 22.7 Å². The van der Waals surface area contributed by atoms with Crippen molar-refractivity contribution in [1.29, 1.82) is 0 Å². The van der Waals surface area contributed by atoms with Gasteiger partial charge < -0.3 is 9.84 Å². The van der Waals surface area contributed by atoms with E-state index in [0.717, 1.165) is 4.47 Å². The van der Waals surface area contributed by atoms with Crippen LogP contribution in [0.2, 0.25) is 0 Å². The molecule has 0 unspecified atom stereocenters. The molecule has 0 amide bonds. The van der Waals surface area contributed by atoms with Crippen molar-refractivity contribution >= 4 is 21.9 Å². The smallest absolute Gasteiger partial charge is 0.341 e. The molecule has 15 heavy (non-hydrogen) atoms. The molecule has 4 heteroatoms. The molecule has 0 fully saturated rings. The minimum Gasteiger partial charge on any atom is -0.481 e. The van der Waals surface area contributed by atoms with Gasteiger partial charge in [-0.05, 0) is 39.5 Å². The van der Waals surface area contributed by atoms with E-state index < -0.39 is 5.97 Å². The summed E-state index contributed by atoms with van der Waals surface area (Å²) in [5.41, 5.74) is 1.18. The van der Waals surface area contributed by atoms with Crippen LogP contribution < -0.4 is 4.74 Å². The Hall–Kier alpha value is -1.03. The van der Waals surface area contributed by atoms with Crippen molar-refractivity contribution in [2.24, 2.45) is 0 Å². The van der Waals surface area contributed by atoms with Crippen molar-refractivity contribution in [3.05, 3.63) is 28.2 Å². The van der Waals surface area contributed by atoms with E-state index in [4.69, 9.17) is 9.84 Å². The second-order valence-corrected chi connectivity index (χ2v) is 4.38.